The molecule has 0 saturated heterocycles. The number of hydrogen-bond donors (Lipinski definition) is 0. The zero-order valence-corrected chi connectivity index (χ0v) is 31.0. The van der Waals surface area contributed by atoms with Crippen LogP contribution < -0.4 is 9.80 Å². The van der Waals surface area contributed by atoms with Crippen LogP contribution in [0.15, 0.2) is 217 Å². The summed E-state index contributed by atoms with van der Waals surface area (Å²) >= 11 is 0. The summed E-state index contributed by atoms with van der Waals surface area (Å²) in [6, 6.07) is 75.1. The maximum absolute atomic E-state index is 6.60. The van der Waals surface area contributed by atoms with E-state index in [0.717, 1.165) is 50.8 Å². The highest BCUT2D eigenvalue weighted by molar-refractivity contribution is 6.16. The van der Waals surface area contributed by atoms with Crippen molar-refractivity contribution in [3.05, 3.63) is 212 Å². The molecule has 0 aliphatic rings. The number of oxazole rings is 1. The Morgan fingerprint density at radius 1 is 0.333 bits per heavy atom. The average Bonchev–Trinajstić information content (AvgIpc) is 3.72. The summed E-state index contributed by atoms with van der Waals surface area (Å²) in [4.78, 5) is 9.65. The van der Waals surface area contributed by atoms with Crippen LogP contribution in [0.5, 0.6) is 0 Å². The van der Waals surface area contributed by atoms with Crippen molar-refractivity contribution in [2.75, 3.05) is 9.80 Å². The molecule has 0 aliphatic carbocycles. The number of benzene rings is 10. The topological polar surface area (TPSA) is 32.5 Å². The summed E-state index contributed by atoms with van der Waals surface area (Å²) in [6.07, 6.45) is 0. The highest BCUT2D eigenvalue weighted by atomic mass is 16.3. The molecule has 0 fully saturated rings. The molecule has 57 heavy (non-hydrogen) atoms. The highest BCUT2D eigenvalue weighted by Crippen LogP contribution is 2.44. The summed E-state index contributed by atoms with van der Waals surface area (Å²) in [6.45, 7) is 0. The third-order valence-electron chi connectivity index (χ3n) is 11.0. The molecule has 0 atom stereocenters. The van der Waals surface area contributed by atoms with Gasteiger partial charge in [0, 0.05) is 39.5 Å². The molecule has 0 bridgehead atoms. The predicted octanol–water partition coefficient (Wildman–Crippen LogP) is 15.0. The van der Waals surface area contributed by atoms with Crippen molar-refractivity contribution in [3.8, 4) is 11.5 Å². The van der Waals surface area contributed by atoms with Gasteiger partial charge in [-0.05, 0) is 105 Å². The van der Waals surface area contributed by atoms with Crippen molar-refractivity contribution in [1.29, 1.82) is 0 Å². The van der Waals surface area contributed by atoms with Gasteiger partial charge in [-0.25, -0.2) is 4.98 Å². The van der Waals surface area contributed by atoms with Crippen molar-refractivity contribution in [2.45, 2.75) is 0 Å². The Kier molecular flexibility index (Phi) is 7.78. The number of hydrogen-bond acceptors (Lipinski definition) is 4. The standard InChI is InChI=1S/C53H35N3O/c1-3-17-39(18-4-1)55(50-33-37-15-7-9-21-43(37)45-23-11-13-25-47(45)50)41-29-27-36(28-30-41)53-54-49-32-31-42(35-52(49)57-53)56(40-19-5-2-6-20-40)51-34-38-16-8-10-22-44(38)46-24-12-14-26-48(46)51/h1-35H. The van der Waals surface area contributed by atoms with E-state index in [1.807, 2.05) is 0 Å². The molecular formula is C53H35N3O. The van der Waals surface area contributed by atoms with Crippen LogP contribution in [-0.4, -0.2) is 4.98 Å². The monoisotopic (exact) mass is 729 g/mol. The van der Waals surface area contributed by atoms with Crippen LogP contribution in [0.2, 0.25) is 0 Å². The van der Waals surface area contributed by atoms with Crippen LogP contribution in [0.1, 0.15) is 0 Å². The molecule has 1 heterocycles. The Balaban J connectivity index is 1.00. The van der Waals surface area contributed by atoms with Crippen LogP contribution in [0.4, 0.5) is 34.1 Å². The summed E-state index contributed by atoms with van der Waals surface area (Å²) in [5, 5.41) is 9.71. The van der Waals surface area contributed by atoms with E-state index in [-0.39, 0.29) is 0 Å². The van der Waals surface area contributed by atoms with Gasteiger partial charge in [0.2, 0.25) is 5.89 Å². The average molecular weight is 730 g/mol. The summed E-state index contributed by atoms with van der Waals surface area (Å²) in [5.41, 5.74) is 8.87. The molecule has 268 valence electrons. The third-order valence-corrected chi connectivity index (χ3v) is 11.0. The molecule has 4 heteroatoms. The second kappa shape index (κ2) is 13.6. The van der Waals surface area contributed by atoms with Crippen LogP contribution in [0.25, 0.3) is 65.6 Å². The number of aromatic nitrogens is 1. The van der Waals surface area contributed by atoms with Gasteiger partial charge in [-0.15, -0.1) is 0 Å². The van der Waals surface area contributed by atoms with Gasteiger partial charge in [-0.3, -0.25) is 0 Å². The van der Waals surface area contributed by atoms with E-state index in [0.29, 0.717) is 5.89 Å². The van der Waals surface area contributed by atoms with Crippen LogP contribution in [-0.2, 0) is 0 Å². The van der Waals surface area contributed by atoms with Crippen molar-refractivity contribution in [1.82, 2.24) is 4.98 Å². The van der Waals surface area contributed by atoms with Crippen molar-refractivity contribution < 1.29 is 4.42 Å². The minimum absolute atomic E-state index is 0.582. The Morgan fingerprint density at radius 2 is 0.754 bits per heavy atom. The number of fused-ring (bicyclic) bond motifs is 7. The third kappa shape index (κ3) is 5.66. The number of anilines is 6. The van der Waals surface area contributed by atoms with Gasteiger partial charge in [-0.1, -0.05) is 133 Å². The maximum Gasteiger partial charge on any atom is 0.227 e. The van der Waals surface area contributed by atoms with Crippen molar-refractivity contribution in [2.24, 2.45) is 0 Å². The number of nitrogens with zero attached hydrogens (tertiary/aromatic N) is 3. The lowest BCUT2D eigenvalue weighted by Crippen LogP contribution is -2.10. The van der Waals surface area contributed by atoms with E-state index in [1.165, 1.54) is 43.1 Å². The molecule has 0 aliphatic heterocycles. The Morgan fingerprint density at radius 3 is 1.30 bits per heavy atom. The van der Waals surface area contributed by atoms with Gasteiger partial charge in [0.05, 0.1) is 17.1 Å². The molecule has 1 aromatic heterocycles. The van der Waals surface area contributed by atoms with E-state index < -0.39 is 0 Å². The van der Waals surface area contributed by atoms with Crippen molar-refractivity contribution in [3.63, 3.8) is 0 Å². The molecule has 0 amide bonds. The first-order valence-corrected chi connectivity index (χ1v) is 19.3. The zero-order valence-electron chi connectivity index (χ0n) is 31.0. The summed E-state index contributed by atoms with van der Waals surface area (Å²) in [7, 11) is 0. The number of para-hydroxylation sites is 2. The largest absolute Gasteiger partial charge is 0.436 e. The lowest BCUT2D eigenvalue weighted by atomic mass is 9.99. The van der Waals surface area contributed by atoms with E-state index in [2.05, 4.69) is 222 Å². The lowest BCUT2D eigenvalue weighted by Gasteiger charge is -2.27. The first kappa shape index (κ1) is 32.7. The van der Waals surface area contributed by atoms with Crippen molar-refractivity contribution >= 4 is 88.3 Å². The molecule has 11 rings (SSSR count). The first-order chi connectivity index (χ1) is 28.3. The Hall–Kier alpha value is -7.69. The van der Waals surface area contributed by atoms with E-state index in [9.17, 15) is 0 Å². The van der Waals surface area contributed by atoms with E-state index in [4.69, 9.17) is 9.40 Å². The van der Waals surface area contributed by atoms with Gasteiger partial charge in [-0.2, -0.15) is 0 Å². The second-order valence-corrected chi connectivity index (χ2v) is 14.4. The fourth-order valence-corrected chi connectivity index (χ4v) is 8.38. The van der Waals surface area contributed by atoms with Gasteiger partial charge >= 0.3 is 0 Å². The smallest absolute Gasteiger partial charge is 0.227 e. The quantitative estimate of drug-likeness (QED) is 0.153. The fraction of sp³-hybridized carbons (Fsp3) is 0. The lowest BCUT2D eigenvalue weighted by molar-refractivity contribution is 0.620. The highest BCUT2D eigenvalue weighted by Gasteiger charge is 2.21. The SMILES string of the molecule is c1ccc(N(c2ccc(-c3nc4ccc(N(c5ccccc5)c5cc6ccccc6c6ccccc56)cc4o3)cc2)c2cc3ccccc3c3ccccc23)cc1. The Labute approximate surface area is 330 Å². The minimum atomic E-state index is 0.582. The van der Waals surface area contributed by atoms with Gasteiger partial charge in [0.25, 0.3) is 0 Å². The molecule has 0 N–H and O–H groups in total. The fourth-order valence-electron chi connectivity index (χ4n) is 8.38. The van der Waals surface area contributed by atoms with E-state index in [1.54, 1.807) is 0 Å². The van der Waals surface area contributed by atoms with Gasteiger partial charge < -0.3 is 14.2 Å². The van der Waals surface area contributed by atoms with Crippen LogP contribution in [0.3, 0.4) is 0 Å². The molecule has 0 unspecified atom stereocenters. The summed E-state index contributed by atoms with van der Waals surface area (Å²) in [5.74, 6) is 0.582. The molecule has 10 aromatic carbocycles. The van der Waals surface area contributed by atoms with Crippen LogP contribution in [0, 0.1) is 0 Å². The first-order valence-electron chi connectivity index (χ1n) is 19.3. The normalized spacial score (nSPS) is 11.5. The Bertz CT molecular complexity index is 3250. The maximum atomic E-state index is 6.60. The predicted molar refractivity (Wildman–Crippen MR) is 239 cm³/mol. The van der Waals surface area contributed by atoms with Gasteiger partial charge in [0.15, 0.2) is 5.58 Å². The molecule has 0 radical (unpaired) electrons. The molecular weight excluding hydrogens is 695 g/mol. The van der Waals surface area contributed by atoms with Crippen LogP contribution >= 0.6 is 0 Å². The second-order valence-electron chi connectivity index (χ2n) is 14.4. The minimum Gasteiger partial charge on any atom is -0.436 e. The molecule has 11 aromatic rings. The zero-order chi connectivity index (χ0) is 37.7. The molecule has 0 saturated carbocycles. The molecule has 4 nitrogen and oxygen atoms in total. The number of rotatable bonds is 7. The molecule has 0 spiro atoms. The summed E-state index contributed by atoms with van der Waals surface area (Å²) < 4.78 is 6.60. The van der Waals surface area contributed by atoms with Gasteiger partial charge in [0.1, 0.15) is 5.52 Å². The van der Waals surface area contributed by atoms with E-state index >= 15 is 0 Å².